The van der Waals surface area contributed by atoms with Crippen molar-refractivity contribution in [3.63, 3.8) is 0 Å². The monoisotopic (exact) mass is 268 g/mol. The molecule has 1 heterocycles. The van der Waals surface area contributed by atoms with Gasteiger partial charge < -0.3 is 14.3 Å². The average molecular weight is 268 g/mol. The van der Waals surface area contributed by atoms with Crippen LogP contribution in [-0.4, -0.2) is 22.3 Å². The molecule has 2 rings (SSSR count). The summed E-state index contributed by atoms with van der Waals surface area (Å²) in [6.45, 7) is 11.8. The molecule has 1 aromatic heterocycles. The molecule has 102 valence electrons. The zero-order chi connectivity index (χ0) is 13.5. The van der Waals surface area contributed by atoms with Crippen molar-refractivity contribution in [2.45, 2.75) is 59.1 Å². The van der Waals surface area contributed by atoms with Gasteiger partial charge >= 0.3 is 0 Å². The number of hydrogen-bond acceptors (Lipinski definition) is 2. The minimum atomic E-state index is 0.153. The van der Waals surface area contributed by atoms with Crippen molar-refractivity contribution in [3.05, 3.63) is 16.7 Å². The lowest BCUT2D eigenvalue weighted by Crippen LogP contribution is -2.51. The van der Waals surface area contributed by atoms with Crippen molar-refractivity contribution in [2.24, 2.45) is 5.41 Å². The van der Waals surface area contributed by atoms with Crippen LogP contribution in [0.2, 0.25) is 0 Å². The SMILES string of the molecule is CCOC1CC(n2c(C(C)C)c[nH]c2=S)C1(C)C. The number of hydrogen-bond donors (Lipinski definition) is 1. The molecule has 0 aliphatic heterocycles. The summed E-state index contributed by atoms with van der Waals surface area (Å²) >= 11 is 5.44. The van der Waals surface area contributed by atoms with E-state index in [9.17, 15) is 0 Å². The molecule has 1 N–H and O–H groups in total. The molecule has 0 saturated heterocycles. The molecular weight excluding hydrogens is 244 g/mol. The van der Waals surface area contributed by atoms with Crippen LogP contribution < -0.4 is 0 Å². The highest BCUT2D eigenvalue weighted by Crippen LogP contribution is 2.52. The standard InChI is InChI=1S/C14H24N2OS/c1-6-17-12-7-11(14(12,4)5)16-10(9(2)3)8-15-13(16)18/h8-9,11-12H,6-7H2,1-5H3,(H,15,18). The molecule has 0 amide bonds. The molecule has 1 aliphatic carbocycles. The van der Waals surface area contributed by atoms with E-state index in [1.54, 1.807) is 0 Å². The van der Waals surface area contributed by atoms with Gasteiger partial charge in [0.05, 0.1) is 6.10 Å². The number of nitrogens with zero attached hydrogens (tertiary/aromatic N) is 1. The third kappa shape index (κ3) is 2.05. The molecule has 2 unspecified atom stereocenters. The van der Waals surface area contributed by atoms with E-state index in [4.69, 9.17) is 17.0 Å². The van der Waals surface area contributed by atoms with Gasteiger partial charge in [-0.05, 0) is 31.5 Å². The molecule has 1 fully saturated rings. The molecule has 0 bridgehead atoms. The van der Waals surface area contributed by atoms with Crippen LogP contribution in [0.4, 0.5) is 0 Å². The van der Waals surface area contributed by atoms with E-state index >= 15 is 0 Å². The molecule has 18 heavy (non-hydrogen) atoms. The predicted molar refractivity (Wildman–Crippen MR) is 76.6 cm³/mol. The summed E-state index contributed by atoms with van der Waals surface area (Å²) in [7, 11) is 0. The average Bonchev–Trinajstić information content (AvgIpc) is 2.66. The Labute approximate surface area is 115 Å². The Morgan fingerprint density at radius 1 is 1.56 bits per heavy atom. The smallest absolute Gasteiger partial charge is 0.177 e. The second-order valence-electron chi connectivity index (χ2n) is 6.06. The van der Waals surface area contributed by atoms with Gasteiger partial charge in [-0.3, -0.25) is 0 Å². The van der Waals surface area contributed by atoms with Crippen molar-refractivity contribution >= 4 is 12.2 Å². The Morgan fingerprint density at radius 3 is 2.72 bits per heavy atom. The summed E-state index contributed by atoms with van der Waals surface area (Å²) < 4.78 is 8.94. The third-order valence-corrected chi connectivity index (χ3v) is 4.55. The van der Waals surface area contributed by atoms with Gasteiger partial charge in [0.15, 0.2) is 4.77 Å². The first-order valence-corrected chi connectivity index (χ1v) is 7.21. The minimum absolute atomic E-state index is 0.153. The Kier molecular flexibility index (Phi) is 3.70. The van der Waals surface area contributed by atoms with Crippen LogP contribution >= 0.6 is 12.2 Å². The van der Waals surface area contributed by atoms with E-state index in [-0.39, 0.29) is 5.41 Å². The van der Waals surface area contributed by atoms with Crippen molar-refractivity contribution in [3.8, 4) is 0 Å². The third-order valence-electron chi connectivity index (χ3n) is 4.24. The molecule has 3 nitrogen and oxygen atoms in total. The quantitative estimate of drug-likeness (QED) is 0.835. The summed E-state index contributed by atoms with van der Waals surface area (Å²) in [6, 6.07) is 0.449. The van der Waals surface area contributed by atoms with Crippen LogP contribution in [-0.2, 0) is 4.74 Å². The van der Waals surface area contributed by atoms with Crippen LogP contribution in [0.25, 0.3) is 0 Å². The lowest BCUT2D eigenvalue weighted by atomic mass is 9.64. The summed E-state index contributed by atoms with van der Waals surface area (Å²) in [5, 5.41) is 0. The maximum absolute atomic E-state index is 5.80. The van der Waals surface area contributed by atoms with E-state index in [2.05, 4.69) is 50.4 Å². The van der Waals surface area contributed by atoms with Gasteiger partial charge in [0.2, 0.25) is 0 Å². The summed E-state index contributed by atoms with van der Waals surface area (Å²) in [6.07, 6.45) is 3.47. The number of aromatic nitrogens is 2. The zero-order valence-corrected chi connectivity index (χ0v) is 12.8. The highest BCUT2D eigenvalue weighted by atomic mass is 32.1. The molecule has 0 radical (unpaired) electrons. The van der Waals surface area contributed by atoms with Crippen LogP contribution in [0.5, 0.6) is 0 Å². The fourth-order valence-electron chi connectivity index (χ4n) is 2.94. The Hall–Kier alpha value is -0.610. The van der Waals surface area contributed by atoms with Crippen molar-refractivity contribution in [2.75, 3.05) is 6.61 Å². The molecule has 0 aromatic carbocycles. The molecule has 1 saturated carbocycles. The van der Waals surface area contributed by atoms with E-state index in [1.807, 2.05) is 0 Å². The summed E-state index contributed by atoms with van der Waals surface area (Å²) in [5.74, 6) is 0.486. The largest absolute Gasteiger partial charge is 0.378 e. The van der Waals surface area contributed by atoms with Gasteiger partial charge in [0, 0.05) is 30.0 Å². The van der Waals surface area contributed by atoms with Gasteiger partial charge in [0.1, 0.15) is 0 Å². The Balaban J connectivity index is 2.30. The van der Waals surface area contributed by atoms with Crippen LogP contribution in [0, 0.1) is 10.2 Å². The van der Waals surface area contributed by atoms with Gasteiger partial charge in [-0.15, -0.1) is 0 Å². The van der Waals surface area contributed by atoms with Gasteiger partial charge in [-0.25, -0.2) is 0 Å². The van der Waals surface area contributed by atoms with Gasteiger partial charge in [-0.1, -0.05) is 27.7 Å². The number of aromatic amines is 1. The number of H-pyrrole nitrogens is 1. The number of rotatable bonds is 4. The van der Waals surface area contributed by atoms with Crippen molar-refractivity contribution in [1.82, 2.24) is 9.55 Å². The topological polar surface area (TPSA) is 29.9 Å². The van der Waals surface area contributed by atoms with Crippen molar-refractivity contribution in [1.29, 1.82) is 0 Å². The maximum atomic E-state index is 5.80. The second kappa shape index (κ2) is 4.82. The lowest BCUT2D eigenvalue weighted by molar-refractivity contribution is -0.128. The number of imidazole rings is 1. The first-order chi connectivity index (χ1) is 8.39. The fourth-order valence-corrected chi connectivity index (χ4v) is 3.24. The van der Waals surface area contributed by atoms with E-state index in [0.29, 0.717) is 18.1 Å². The van der Waals surface area contributed by atoms with Gasteiger partial charge in [0.25, 0.3) is 0 Å². The highest BCUT2D eigenvalue weighted by molar-refractivity contribution is 7.71. The van der Waals surface area contributed by atoms with Crippen LogP contribution in [0.15, 0.2) is 6.20 Å². The maximum Gasteiger partial charge on any atom is 0.177 e. The van der Waals surface area contributed by atoms with Crippen LogP contribution in [0.1, 0.15) is 58.7 Å². The lowest BCUT2D eigenvalue weighted by Gasteiger charge is -2.52. The van der Waals surface area contributed by atoms with E-state index in [0.717, 1.165) is 17.8 Å². The zero-order valence-electron chi connectivity index (χ0n) is 12.0. The first-order valence-electron chi connectivity index (χ1n) is 6.81. The van der Waals surface area contributed by atoms with Gasteiger partial charge in [-0.2, -0.15) is 0 Å². The Morgan fingerprint density at radius 2 is 2.22 bits per heavy atom. The molecular formula is C14H24N2OS. The van der Waals surface area contributed by atoms with Crippen LogP contribution in [0.3, 0.4) is 0 Å². The summed E-state index contributed by atoms with van der Waals surface area (Å²) in [4.78, 5) is 3.19. The van der Waals surface area contributed by atoms with E-state index in [1.165, 1.54) is 5.69 Å². The normalized spacial score (nSPS) is 26.3. The Bertz CT molecular complexity index is 472. The predicted octanol–water partition coefficient (Wildman–Crippen LogP) is 4.05. The number of nitrogens with one attached hydrogen (secondary N) is 1. The second-order valence-corrected chi connectivity index (χ2v) is 6.45. The number of ether oxygens (including phenoxy) is 1. The van der Waals surface area contributed by atoms with Crippen molar-refractivity contribution < 1.29 is 4.74 Å². The molecule has 1 aliphatic rings. The molecule has 2 atom stereocenters. The fraction of sp³-hybridized carbons (Fsp3) is 0.786. The summed E-state index contributed by atoms with van der Waals surface area (Å²) in [5.41, 5.74) is 1.45. The van der Waals surface area contributed by atoms with E-state index < -0.39 is 0 Å². The minimum Gasteiger partial charge on any atom is -0.378 e. The first kappa shape index (κ1) is 13.8. The molecule has 0 spiro atoms. The molecule has 4 heteroatoms. The molecule has 1 aromatic rings. The highest BCUT2D eigenvalue weighted by Gasteiger charge is 2.50.